The zero-order chi connectivity index (χ0) is 23.9. The number of hydrogen-bond acceptors (Lipinski definition) is 4. The Morgan fingerprint density at radius 1 is 0.882 bits per heavy atom. The van der Waals surface area contributed by atoms with Crippen LogP contribution in [0, 0.1) is 0 Å². The molecule has 0 saturated carbocycles. The summed E-state index contributed by atoms with van der Waals surface area (Å²) in [6.07, 6.45) is 7.92. The smallest absolute Gasteiger partial charge is 0.163 e. The molecule has 0 aliphatic carbocycles. The number of nitrogens with zero attached hydrogens (tertiary/aromatic N) is 1. The van der Waals surface area contributed by atoms with E-state index in [1.807, 2.05) is 36.4 Å². The Bertz CT molecular complexity index is 1380. The molecule has 1 N–H and O–H groups in total. The summed E-state index contributed by atoms with van der Waals surface area (Å²) in [6.45, 7) is 0.767. The highest BCUT2D eigenvalue weighted by atomic mass is 16.5. The van der Waals surface area contributed by atoms with Gasteiger partial charge in [-0.05, 0) is 58.5 Å². The molecule has 4 rings (SSSR count). The number of rotatable bonds is 9. The summed E-state index contributed by atoms with van der Waals surface area (Å²) in [6, 6.07) is 23.2. The van der Waals surface area contributed by atoms with Gasteiger partial charge in [0.1, 0.15) is 0 Å². The summed E-state index contributed by atoms with van der Waals surface area (Å²) in [5.74, 6) is -0.235. The number of carbonyl (C=O) groups excluding carboxylic acids is 2. The van der Waals surface area contributed by atoms with Gasteiger partial charge in [0, 0.05) is 18.3 Å². The molecule has 0 bridgehead atoms. The lowest BCUT2D eigenvalue weighted by Crippen LogP contribution is -2.02. The van der Waals surface area contributed by atoms with Gasteiger partial charge in [0.25, 0.3) is 0 Å². The van der Waals surface area contributed by atoms with Crippen LogP contribution in [-0.2, 0) is 16.1 Å². The number of methoxy groups -OCH3 is 1. The fraction of sp³-hybridized carbons (Fsp3) is 0.103. The molecule has 0 aliphatic rings. The van der Waals surface area contributed by atoms with E-state index in [1.165, 1.54) is 30.9 Å². The van der Waals surface area contributed by atoms with Gasteiger partial charge in [0.15, 0.2) is 23.1 Å². The van der Waals surface area contributed by atoms with Crippen LogP contribution >= 0.6 is 0 Å². The van der Waals surface area contributed by atoms with E-state index >= 15 is 0 Å². The maximum atomic E-state index is 12.3. The third kappa shape index (κ3) is 5.70. The first-order valence-electron chi connectivity index (χ1n) is 10.9. The van der Waals surface area contributed by atoms with Crippen molar-refractivity contribution in [1.29, 1.82) is 0 Å². The van der Waals surface area contributed by atoms with Crippen molar-refractivity contribution in [3.63, 3.8) is 0 Å². The van der Waals surface area contributed by atoms with Crippen LogP contribution in [0.1, 0.15) is 23.1 Å². The first kappa shape index (κ1) is 22.8. The summed E-state index contributed by atoms with van der Waals surface area (Å²) < 4.78 is 7.17. The molecule has 0 saturated heterocycles. The van der Waals surface area contributed by atoms with Gasteiger partial charge in [-0.2, -0.15) is 0 Å². The van der Waals surface area contributed by atoms with Crippen LogP contribution in [-0.4, -0.2) is 28.3 Å². The summed E-state index contributed by atoms with van der Waals surface area (Å²) >= 11 is 0. The van der Waals surface area contributed by atoms with Gasteiger partial charge in [0.2, 0.25) is 0 Å². The number of aromatic hydroxyl groups is 1. The average Bonchev–Trinajstić information content (AvgIpc) is 3.24. The highest BCUT2D eigenvalue weighted by molar-refractivity contribution is 6.11. The van der Waals surface area contributed by atoms with E-state index in [0.29, 0.717) is 11.3 Å². The third-order valence-electron chi connectivity index (χ3n) is 5.47. The first-order valence-corrected chi connectivity index (χ1v) is 10.9. The number of hydrogen-bond donors (Lipinski definition) is 1. The Morgan fingerprint density at radius 3 is 2.24 bits per heavy atom. The van der Waals surface area contributed by atoms with Crippen molar-refractivity contribution in [3.8, 4) is 11.5 Å². The minimum Gasteiger partial charge on any atom is -0.504 e. The molecule has 0 fully saturated rings. The molecule has 34 heavy (non-hydrogen) atoms. The summed E-state index contributed by atoms with van der Waals surface area (Å²) in [5, 5.41) is 10.9. The largest absolute Gasteiger partial charge is 0.504 e. The van der Waals surface area contributed by atoms with Crippen molar-refractivity contribution in [2.24, 2.45) is 0 Å². The molecule has 170 valence electrons. The minimum absolute atomic E-state index is 0.0111. The minimum atomic E-state index is -0.308. The number of ether oxygens (including phenoxy) is 1. The maximum Gasteiger partial charge on any atom is 0.163 e. The van der Waals surface area contributed by atoms with Crippen LogP contribution in [0.2, 0.25) is 0 Å². The van der Waals surface area contributed by atoms with Crippen molar-refractivity contribution in [2.45, 2.75) is 13.0 Å². The molecule has 5 nitrogen and oxygen atoms in total. The van der Waals surface area contributed by atoms with Gasteiger partial charge < -0.3 is 14.4 Å². The number of phenols is 1. The molecule has 3 aromatic carbocycles. The zero-order valence-electron chi connectivity index (χ0n) is 18.8. The second-order valence-electron chi connectivity index (χ2n) is 7.95. The van der Waals surface area contributed by atoms with Crippen LogP contribution in [0.3, 0.4) is 0 Å². The van der Waals surface area contributed by atoms with Crippen molar-refractivity contribution in [2.75, 3.05) is 7.11 Å². The second-order valence-corrected chi connectivity index (χ2v) is 7.95. The maximum absolute atomic E-state index is 12.3. The van der Waals surface area contributed by atoms with Crippen molar-refractivity contribution in [1.82, 2.24) is 4.57 Å². The highest BCUT2D eigenvalue weighted by Crippen LogP contribution is 2.26. The summed E-state index contributed by atoms with van der Waals surface area (Å²) in [7, 11) is 1.47. The van der Waals surface area contributed by atoms with E-state index in [1.54, 1.807) is 24.3 Å². The summed E-state index contributed by atoms with van der Waals surface area (Å²) in [4.78, 5) is 24.5. The predicted molar refractivity (Wildman–Crippen MR) is 135 cm³/mol. The van der Waals surface area contributed by atoms with Crippen LogP contribution in [0.4, 0.5) is 0 Å². The molecular formula is C29H25NO4. The third-order valence-corrected chi connectivity index (χ3v) is 5.47. The van der Waals surface area contributed by atoms with Gasteiger partial charge in [-0.15, -0.1) is 0 Å². The fourth-order valence-electron chi connectivity index (χ4n) is 3.70. The molecule has 0 amide bonds. The second kappa shape index (κ2) is 10.5. The van der Waals surface area contributed by atoms with Gasteiger partial charge >= 0.3 is 0 Å². The molecule has 0 spiro atoms. The molecule has 1 heterocycles. The Morgan fingerprint density at radius 2 is 1.56 bits per heavy atom. The van der Waals surface area contributed by atoms with E-state index in [-0.39, 0.29) is 23.7 Å². The van der Waals surface area contributed by atoms with E-state index in [4.69, 9.17) is 4.74 Å². The lowest BCUT2D eigenvalue weighted by atomic mass is 10.1. The van der Waals surface area contributed by atoms with Gasteiger partial charge in [-0.3, -0.25) is 9.59 Å². The number of ketones is 2. The van der Waals surface area contributed by atoms with Gasteiger partial charge in [-0.25, -0.2) is 0 Å². The molecule has 0 unspecified atom stereocenters. The Labute approximate surface area is 198 Å². The van der Waals surface area contributed by atoms with Crippen LogP contribution < -0.4 is 4.74 Å². The molecule has 0 atom stereocenters. The predicted octanol–water partition coefficient (Wildman–Crippen LogP) is 5.66. The Kier molecular flexibility index (Phi) is 7.04. The lowest BCUT2D eigenvalue weighted by molar-refractivity contribution is -0.121. The zero-order valence-corrected chi connectivity index (χ0v) is 18.8. The molecule has 5 heteroatoms. The van der Waals surface area contributed by atoms with Gasteiger partial charge in [0.05, 0.1) is 13.5 Å². The van der Waals surface area contributed by atoms with E-state index in [2.05, 4.69) is 29.0 Å². The molecule has 0 radical (unpaired) electrons. The normalized spacial score (nSPS) is 11.4. The molecule has 0 aliphatic heterocycles. The number of fused-ring (bicyclic) bond motifs is 1. The topological polar surface area (TPSA) is 68.5 Å². The molecule has 4 aromatic rings. The Balaban J connectivity index is 1.39. The molecule has 1 aromatic heterocycles. The van der Waals surface area contributed by atoms with E-state index in [9.17, 15) is 14.7 Å². The quantitative estimate of drug-likeness (QED) is 0.263. The van der Waals surface area contributed by atoms with E-state index < -0.39 is 0 Å². The fourth-order valence-corrected chi connectivity index (χ4v) is 3.70. The van der Waals surface area contributed by atoms with Crippen LogP contribution in [0.5, 0.6) is 11.5 Å². The number of carbonyl (C=O) groups is 2. The summed E-state index contributed by atoms with van der Waals surface area (Å²) in [5.41, 5.74) is 3.83. The first-order chi connectivity index (χ1) is 16.5. The number of benzene rings is 3. The average molecular weight is 452 g/mol. The van der Waals surface area contributed by atoms with Crippen LogP contribution in [0.25, 0.3) is 23.1 Å². The van der Waals surface area contributed by atoms with Crippen molar-refractivity contribution < 1.29 is 19.4 Å². The van der Waals surface area contributed by atoms with E-state index in [0.717, 1.165) is 23.0 Å². The number of aromatic nitrogens is 1. The molecular weight excluding hydrogens is 426 g/mol. The lowest BCUT2D eigenvalue weighted by Gasteiger charge is -2.06. The standard InChI is InChI=1S/C29H25NO4/c1-34-29-14-10-22(18-28(29)33)9-13-26(32)19-25(31)12-8-21-7-11-24-15-16-30(27(24)17-21)20-23-5-3-2-4-6-23/h2-18,33H,19-20H2,1H3. The monoisotopic (exact) mass is 451 g/mol. The Hall–Kier alpha value is -4.38. The van der Waals surface area contributed by atoms with Crippen LogP contribution in [0.15, 0.2) is 91.1 Å². The highest BCUT2D eigenvalue weighted by Gasteiger charge is 2.06. The SMILES string of the molecule is COc1ccc(C=CC(=O)CC(=O)C=Cc2ccc3ccn(Cc4ccccc4)c3c2)cc1O. The van der Waals surface area contributed by atoms with Crippen molar-refractivity contribution >= 4 is 34.6 Å². The van der Waals surface area contributed by atoms with Crippen molar-refractivity contribution in [3.05, 3.63) is 108 Å². The number of allylic oxidation sites excluding steroid dienone is 2. The number of phenolic OH excluding ortho intramolecular Hbond substituents is 1. The van der Waals surface area contributed by atoms with Gasteiger partial charge in [-0.1, -0.05) is 60.7 Å².